The zero-order valence-corrected chi connectivity index (χ0v) is 6.84. The van der Waals surface area contributed by atoms with Crippen LogP contribution in [-0.2, 0) is 4.79 Å². The minimum absolute atomic E-state index is 0.0363. The smallest absolute Gasteiger partial charge is 0.220 e. The molecule has 0 aliphatic rings. The van der Waals surface area contributed by atoms with Crippen LogP contribution in [0.25, 0.3) is 0 Å². The number of carbonyl (C=O) groups excluding carboxylic acids is 1. The summed E-state index contributed by atoms with van der Waals surface area (Å²) in [5.74, 6) is -0.0363. The van der Waals surface area contributed by atoms with Crippen molar-refractivity contribution in [2.75, 3.05) is 6.54 Å². The number of nitrogens with one attached hydrogen (secondary N) is 1. The first kappa shape index (κ1) is 10.2. The van der Waals surface area contributed by atoms with Gasteiger partial charge in [-0.15, -0.1) is 6.58 Å². The van der Waals surface area contributed by atoms with Gasteiger partial charge in [0.2, 0.25) is 5.91 Å². The highest BCUT2D eigenvalue weighted by Gasteiger charge is 2.00. The summed E-state index contributed by atoms with van der Waals surface area (Å²) in [4.78, 5) is 10.8. The van der Waals surface area contributed by atoms with E-state index in [0.717, 1.165) is 0 Å². The molecule has 0 aliphatic heterocycles. The summed E-state index contributed by atoms with van der Waals surface area (Å²) in [5, 5.41) is 11.4. The molecule has 1 amide bonds. The molecule has 0 aromatic heterocycles. The van der Waals surface area contributed by atoms with Crippen LogP contribution in [0.1, 0.15) is 19.8 Å². The second-order valence-electron chi connectivity index (χ2n) is 2.48. The van der Waals surface area contributed by atoms with E-state index in [9.17, 15) is 4.79 Å². The van der Waals surface area contributed by atoms with Crippen LogP contribution in [0.3, 0.4) is 0 Å². The Hall–Kier alpha value is -0.830. The topological polar surface area (TPSA) is 49.3 Å². The minimum atomic E-state index is -0.470. The first-order chi connectivity index (χ1) is 5.16. The van der Waals surface area contributed by atoms with Crippen molar-refractivity contribution in [1.82, 2.24) is 5.32 Å². The van der Waals surface area contributed by atoms with E-state index < -0.39 is 6.10 Å². The summed E-state index contributed by atoms with van der Waals surface area (Å²) >= 11 is 0. The number of amides is 1. The van der Waals surface area contributed by atoms with E-state index in [-0.39, 0.29) is 5.91 Å². The molecule has 0 fully saturated rings. The van der Waals surface area contributed by atoms with Gasteiger partial charge in [0.15, 0.2) is 0 Å². The molecule has 2 N–H and O–H groups in total. The molecule has 0 saturated carbocycles. The highest BCUT2D eigenvalue weighted by Crippen LogP contribution is 1.88. The second-order valence-corrected chi connectivity index (χ2v) is 2.48. The Morgan fingerprint density at radius 3 is 2.91 bits per heavy atom. The predicted molar refractivity (Wildman–Crippen MR) is 44.1 cm³/mol. The standard InChI is InChI=1S/C8H15NO2/c1-3-4-5-8(11)9-6-7(2)10/h3,7,10H,1,4-6H2,2H3,(H,9,11)/t7-/m1/s1. The van der Waals surface area contributed by atoms with Gasteiger partial charge in [-0.05, 0) is 13.3 Å². The molecule has 0 bridgehead atoms. The van der Waals surface area contributed by atoms with E-state index in [1.165, 1.54) is 0 Å². The molecule has 1 atom stereocenters. The van der Waals surface area contributed by atoms with Crippen LogP contribution in [0, 0.1) is 0 Å². The summed E-state index contributed by atoms with van der Waals surface area (Å²) in [6.07, 6.45) is 2.37. The molecule has 0 saturated heterocycles. The van der Waals surface area contributed by atoms with Crippen molar-refractivity contribution in [2.24, 2.45) is 0 Å². The fourth-order valence-electron chi connectivity index (χ4n) is 0.583. The highest BCUT2D eigenvalue weighted by molar-refractivity contribution is 5.75. The molecule has 0 aliphatic carbocycles. The first-order valence-corrected chi connectivity index (χ1v) is 3.72. The van der Waals surface area contributed by atoms with Crippen LogP contribution >= 0.6 is 0 Å². The van der Waals surface area contributed by atoms with Gasteiger partial charge < -0.3 is 10.4 Å². The van der Waals surface area contributed by atoms with Crippen LogP contribution in [0.15, 0.2) is 12.7 Å². The summed E-state index contributed by atoms with van der Waals surface area (Å²) in [7, 11) is 0. The SMILES string of the molecule is C=CCCC(=O)NC[C@@H](C)O. The summed E-state index contributed by atoms with van der Waals surface area (Å²) in [6, 6.07) is 0. The lowest BCUT2D eigenvalue weighted by Gasteiger charge is -2.05. The lowest BCUT2D eigenvalue weighted by Crippen LogP contribution is -2.30. The second kappa shape index (κ2) is 5.92. The zero-order valence-electron chi connectivity index (χ0n) is 6.84. The first-order valence-electron chi connectivity index (χ1n) is 3.72. The molecule has 0 rings (SSSR count). The molecule has 3 nitrogen and oxygen atoms in total. The van der Waals surface area contributed by atoms with Gasteiger partial charge in [-0.3, -0.25) is 4.79 Å². The third-order valence-electron chi connectivity index (χ3n) is 1.17. The maximum atomic E-state index is 10.8. The van der Waals surface area contributed by atoms with E-state index in [0.29, 0.717) is 19.4 Å². The van der Waals surface area contributed by atoms with Crippen molar-refractivity contribution < 1.29 is 9.90 Å². The number of aliphatic hydroxyl groups is 1. The Bertz CT molecular complexity index is 132. The number of hydrogen-bond donors (Lipinski definition) is 2. The van der Waals surface area contributed by atoms with Gasteiger partial charge in [-0.25, -0.2) is 0 Å². The maximum absolute atomic E-state index is 10.8. The Balaban J connectivity index is 3.29. The number of rotatable bonds is 5. The summed E-state index contributed by atoms with van der Waals surface area (Å²) < 4.78 is 0. The van der Waals surface area contributed by atoms with Crippen molar-refractivity contribution in [1.29, 1.82) is 0 Å². The van der Waals surface area contributed by atoms with Crippen LogP contribution < -0.4 is 5.32 Å². The molecular formula is C8H15NO2. The van der Waals surface area contributed by atoms with Gasteiger partial charge in [-0.2, -0.15) is 0 Å². The van der Waals surface area contributed by atoms with Crippen LogP contribution in [0.4, 0.5) is 0 Å². The Kier molecular flexibility index (Phi) is 5.47. The molecular weight excluding hydrogens is 142 g/mol. The lowest BCUT2D eigenvalue weighted by molar-refractivity contribution is -0.121. The van der Waals surface area contributed by atoms with Gasteiger partial charge in [0.25, 0.3) is 0 Å². The monoisotopic (exact) mass is 157 g/mol. The molecule has 0 aromatic carbocycles. The lowest BCUT2D eigenvalue weighted by atomic mass is 10.3. The Morgan fingerprint density at radius 2 is 2.45 bits per heavy atom. The number of aliphatic hydroxyl groups excluding tert-OH is 1. The largest absolute Gasteiger partial charge is 0.392 e. The van der Waals surface area contributed by atoms with Crippen molar-refractivity contribution >= 4 is 5.91 Å². The third-order valence-corrected chi connectivity index (χ3v) is 1.17. The molecule has 0 unspecified atom stereocenters. The fourth-order valence-corrected chi connectivity index (χ4v) is 0.583. The Labute approximate surface area is 67.1 Å². The minimum Gasteiger partial charge on any atom is -0.392 e. The highest BCUT2D eigenvalue weighted by atomic mass is 16.3. The van der Waals surface area contributed by atoms with E-state index in [4.69, 9.17) is 5.11 Å². The normalized spacial score (nSPS) is 12.2. The number of hydrogen-bond acceptors (Lipinski definition) is 2. The number of allylic oxidation sites excluding steroid dienone is 1. The molecule has 0 heterocycles. The van der Waals surface area contributed by atoms with Gasteiger partial charge >= 0.3 is 0 Å². The van der Waals surface area contributed by atoms with Gasteiger partial charge in [0, 0.05) is 13.0 Å². The summed E-state index contributed by atoms with van der Waals surface area (Å²) in [6.45, 7) is 5.46. The molecule has 0 spiro atoms. The van der Waals surface area contributed by atoms with Gasteiger partial charge in [0.05, 0.1) is 6.10 Å². The van der Waals surface area contributed by atoms with Crippen LogP contribution in [-0.4, -0.2) is 23.7 Å². The average Bonchev–Trinajstić information content (AvgIpc) is 1.97. The average molecular weight is 157 g/mol. The van der Waals surface area contributed by atoms with Crippen LogP contribution in [0.2, 0.25) is 0 Å². The van der Waals surface area contributed by atoms with Crippen LogP contribution in [0.5, 0.6) is 0 Å². The third kappa shape index (κ3) is 7.06. The summed E-state index contributed by atoms with van der Waals surface area (Å²) in [5.41, 5.74) is 0. The van der Waals surface area contributed by atoms with E-state index in [1.807, 2.05) is 0 Å². The Morgan fingerprint density at radius 1 is 1.82 bits per heavy atom. The quantitative estimate of drug-likeness (QED) is 0.569. The van der Waals surface area contributed by atoms with Crippen molar-refractivity contribution in [3.8, 4) is 0 Å². The fraction of sp³-hybridized carbons (Fsp3) is 0.625. The molecule has 64 valence electrons. The zero-order chi connectivity index (χ0) is 8.69. The van der Waals surface area contributed by atoms with Crippen molar-refractivity contribution in [3.63, 3.8) is 0 Å². The van der Waals surface area contributed by atoms with Crippen molar-refractivity contribution in [3.05, 3.63) is 12.7 Å². The van der Waals surface area contributed by atoms with Gasteiger partial charge in [0.1, 0.15) is 0 Å². The molecule has 0 radical (unpaired) electrons. The van der Waals surface area contributed by atoms with Gasteiger partial charge in [-0.1, -0.05) is 6.08 Å². The maximum Gasteiger partial charge on any atom is 0.220 e. The number of carbonyl (C=O) groups is 1. The predicted octanol–water partition coefficient (Wildman–Crippen LogP) is 0.450. The molecule has 0 aromatic rings. The van der Waals surface area contributed by atoms with E-state index in [2.05, 4.69) is 11.9 Å². The van der Waals surface area contributed by atoms with E-state index in [1.54, 1.807) is 13.0 Å². The molecule has 11 heavy (non-hydrogen) atoms. The van der Waals surface area contributed by atoms with Crippen molar-refractivity contribution in [2.45, 2.75) is 25.9 Å². The molecule has 3 heteroatoms. The van der Waals surface area contributed by atoms with E-state index >= 15 is 0 Å².